The van der Waals surface area contributed by atoms with Crippen molar-refractivity contribution in [2.75, 3.05) is 5.73 Å². The molecule has 2 N–H and O–H groups in total. The van der Waals surface area contributed by atoms with Gasteiger partial charge in [0, 0.05) is 12.1 Å². The van der Waals surface area contributed by atoms with Gasteiger partial charge in [-0.25, -0.2) is 0 Å². The predicted molar refractivity (Wildman–Crippen MR) is 65.8 cm³/mol. The summed E-state index contributed by atoms with van der Waals surface area (Å²) in [5, 5.41) is 15.6. The van der Waals surface area contributed by atoms with Crippen molar-refractivity contribution in [3.8, 4) is 0 Å². The van der Waals surface area contributed by atoms with Crippen LogP contribution < -0.4 is 5.73 Å². The molecule has 90 valence electrons. The van der Waals surface area contributed by atoms with Gasteiger partial charge in [-0.15, -0.1) is 0 Å². The van der Waals surface area contributed by atoms with E-state index in [-0.39, 0.29) is 11.2 Å². The zero-order valence-corrected chi connectivity index (χ0v) is 9.97. The van der Waals surface area contributed by atoms with Crippen molar-refractivity contribution in [1.29, 1.82) is 0 Å². The molecule has 0 saturated carbocycles. The number of anilines is 1. The van der Waals surface area contributed by atoms with E-state index in [0.717, 1.165) is 5.52 Å². The van der Waals surface area contributed by atoms with Gasteiger partial charge in [0.1, 0.15) is 0 Å². The second-order valence-corrected chi connectivity index (χ2v) is 4.93. The van der Waals surface area contributed by atoms with Crippen molar-refractivity contribution in [3.05, 3.63) is 28.3 Å². The van der Waals surface area contributed by atoms with Crippen LogP contribution in [0.5, 0.6) is 0 Å². The number of non-ortho nitro benzene ring substituents is 1. The molecule has 17 heavy (non-hydrogen) atoms. The van der Waals surface area contributed by atoms with Crippen molar-refractivity contribution in [2.45, 2.75) is 26.3 Å². The Morgan fingerprint density at radius 1 is 1.41 bits per heavy atom. The lowest BCUT2D eigenvalue weighted by Gasteiger charge is -2.20. The summed E-state index contributed by atoms with van der Waals surface area (Å²) in [5.41, 5.74) is 6.40. The summed E-state index contributed by atoms with van der Waals surface area (Å²) in [6, 6.07) is 4.60. The maximum Gasteiger partial charge on any atom is 0.270 e. The van der Waals surface area contributed by atoms with E-state index >= 15 is 0 Å². The molecule has 6 nitrogen and oxygen atoms in total. The molecule has 0 radical (unpaired) electrons. The van der Waals surface area contributed by atoms with Crippen LogP contribution >= 0.6 is 0 Å². The molecule has 1 aromatic carbocycles. The Balaban J connectivity index is 2.74. The van der Waals surface area contributed by atoms with Gasteiger partial charge in [-0.2, -0.15) is 5.10 Å². The highest BCUT2D eigenvalue weighted by molar-refractivity contribution is 5.91. The highest BCUT2D eigenvalue weighted by atomic mass is 16.6. The van der Waals surface area contributed by atoms with Crippen LogP contribution in [0.2, 0.25) is 0 Å². The van der Waals surface area contributed by atoms with Crippen LogP contribution in [0.3, 0.4) is 0 Å². The number of hydrogen-bond acceptors (Lipinski definition) is 4. The van der Waals surface area contributed by atoms with E-state index in [1.54, 1.807) is 10.7 Å². The van der Waals surface area contributed by atoms with Crippen LogP contribution in [0, 0.1) is 10.1 Å². The van der Waals surface area contributed by atoms with Crippen LogP contribution in [0.25, 0.3) is 10.9 Å². The lowest BCUT2D eigenvalue weighted by molar-refractivity contribution is -0.384. The summed E-state index contributed by atoms with van der Waals surface area (Å²) < 4.78 is 1.78. The topological polar surface area (TPSA) is 87.0 Å². The van der Waals surface area contributed by atoms with Crippen molar-refractivity contribution in [3.63, 3.8) is 0 Å². The molecule has 1 aromatic heterocycles. The van der Waals surface area contributed by atoms with Gasteiger partial charge in [-0.3, -0.25) is 14.8 Å². The number of benzene rings is 1. The van der Waals surface area contributed by atoms with Gasteiger partial charge in [0.2, 0.25) is 0 Å². The van der Waals surface area contributed by atoms with E-state index in [4.69, 9.17) is 5.73 Å². The number of nitrogen functional groups attached to an aromatic ring is 1. The minimum atomic E-state index is -0.437. The highest BCUT2D eigenvalue weighted by Crippen LogP contribution is 2.29. The SMILES string of the molecule is CC(C)(C)n1nc(N)c2cc([N+](=O)[O-])ccc21. The minimum absolute atomic E-state index is 0.0256. The molecule has 2 aromatic rings. The average molecular weight is 234 g/mol. The first-order chi connectivity index (χ1) is 7.80. The number of nitrogens with two attached hydrogens (primary N) is 1. The predicted octanol–water partition coefficient (Wildman–Crippen LogP) is 2.28. The number of nitrogens with zero attached hydrogens (tertiary/aromatic N) is 3. The third kappa shape index (κ3) is 1.82. The molecular formula is C11H14N4O2. The molecule has 0 amide bonds. The third-order valence-electron chi connectivity index (χ3n) is 2.54. The number of nitro benzene ring substituents is 1. The summed E-state index contributed by atoms with van der Waals surface area (Å²) in [4.78, 5) is 10.3. The van der Waals surface area contributed by atoms with E-state index in [2.05, 4.69) is 5.10 Å². The molecular weight excluding hydrogens is 220 g/mol. The van der Waals surface area contributed by atoms with Crippen LogP contribution in [0.4, 0.5) is 11.5 Å². The number of aromatic nitrogens is 2. The molecule has 0 atom stereocenters. The standard InChI is InChI=1S/C11H14N4O2/c1-11(2,3)14-9-5-4-7(15(16)17)6-8(9)10(12)13-14/h4-6H,1-3H3,(H2,12,13). The Bertz CT molecular complexity index is 595. The van der Waals surface area contributed by atoms with E-state index in [0.29, 0.717) is 11.2 Å². The Morgan fingerprint density at radius 3 is 2.59 bits per heavy atom. The maximum absolute atomic E-state index is 10.7. The number of hydrogen-bond donors (Lipinski definition) is 1. The smallest absolute Gasteiger partial charge is 0.270 e. The summed E-state index contributed by atoms with van der Waals surface area (Å²) in [5.74, 6) is 0.318. The Morgan fingerprint density at radius 2 is 2.06 bits per heavy atom. The van der Waals surface area contributed by atoms with Gasteiger partial charge < -0.3 is 5.73 Å². The van der Waals surface area contributed by atoms with Crippen molar-refractivity contribution < 1.29 is 4.92 Å². The van der Waals surface area contributed by atoms with Crippen LogP contribution in [0.15, 0.2) is 18.2 Å². The molecule has 0 saturated heterocycles. The van der Waals surface area contributed by atoms with Crippen molar-refractivity contribution >= 4 is 22.4 Å². The minimum Gasteiger partial charge on any atom is -0.382 e. The zero-order chi connectivity index (χ0) is 12.8. The van der Waals surface area contributed by atoms with E-state index in [9.17, 15) is 10.1 Å². The Hall–Kier alpha value is -2.11. The lowest BCUT2D eigenvalue weighted by Crippen LogP contribution is -2.23. The summed E-state index contributed by atoms with van der Waals surface area (Å²) in [6.45, 7) is 6.00. The molecule has 0 fully saturated rings. The first kappa shape index (κ1) is 11.4. The normalized spacial score (nSPS) is 11.9. The highest BCUT2D eigenvalue weighted by Gasteiger charge is 2.20. The lowest BCUT2D eigenvalue weighted by atomic mass is 10.1. The maximum atomic E-state index is 10.7. The number of nitro groups is 1. The Kier molecular flexibility index (Phi) is 2.30. The van der Waals surface area contributed by atoms with Gasteiger partial charge in [0.15, 0.2) is 5.82 Å². The average Bonchev–Trinajstić information content (AvgIpc) is 2.55. The third-order valence-corrected chi connectivity index (χ3v) is 2.54. The van der Waals surface area contributed by atoms with Crippen molar-refractivity contribution in [1.82, 2.24) is 9.78 Å². The number of fused-ring (bicyclic) bond motifs is 1. The molecule has 0 aliphatic heterocycles. The fourth-order valence-electron chi connectivity index (χ4n) is 1.75. The number of rotatable bonds is 1. The van der Waals surface area contributed by atoms with Crippen LogP contribution in [-0.4, -0.2) is 14.7 Å². The fourth-order valence-corrected chi connectivity index (χ4v) is 1.75. The molecule has 0 aliphatic carbocycles. The monoisotopic (exact) mass is 234 g/mol. The Labute approximate surface area is 98.2 Å². The molecule has 1 heterocycles. The van der Waals surface area contributed by atoms with Crippen molar-refractivity contribution in [2.24, 2.45) is 0 Å². The largest absolute Gasteiger partial charge is 0.382 e. The molecule has 0 unspecified atom stereocenters. The van der Waals surface area contributed by atoms with Gasteiger partial charge in [0.05, 0.1) is 21.4 Å². The molecule has 6 heteroatoms. The quantitative estimate of drug-likeness (QED) is 0.605. The molecule has 2 rings (SSSR count). The summed E-state index contributed by atoms with van der Waals surface area (Å²) >= 11 is 0. The molecule has 0 aliphatic rings. The van der Waals surface area contributed by atoms with Crippen LogP contribution in [-0.2, 0) is 5.54 Å². The van der Waals surface area contributed by atoms with Gasteiger partial charge in [-0.05, 0) is 26.8 Å². The fraction of sp³-hybridized carbons (Fsp3) is 0.364. The van der Waals surface area contributed by atoms with Crippen LogP contribution in [0.1, 0.15) is 20.8 Å². The first-order valence-corrected chi connectivity index (χ1v) is 5.24. The molecule has 0 bridgehead atoms. The van der Waals surface area contributed by atoms with Gasteiger partial charge >= 0.3 is 0 Å². The summed E-state index contributed by atoms with van der Waals surface area (Å²) in [6.07, 6.45) is 0. The van der Waals surface area contributed by atoms with Gasteiger partial charge in [0.25, 0.3) is 5.69 Å². The van der Waals surface area contributed by atoms with E-state index in [1.807, 2.05) is 20.8 Å². The molecule has 0 spiro atoms. The zero-order valence-electron chi connectivity index (χ0n) is 9.97. The first-order valence-electron chi connectivity index (χ1n) is 5.24. The summed E-state index contributed by atoms with van der Waals surface area (Å²) in [7, 11) is 0. The van der Waals surface area contributed by atoms with Gasteiger partial charge in [-0.1, -0.05) is 0 Å². The van der Waals surface area contributed by atoms with E-state index < -0.39 is 4.92 Å². The van der Waals surface area contributed by atoms with E-state index in [1.165, 1.54) is 12.1 Å². The second-order valence-electron chi connectivity index (χ2n) is 4.93. The second kappa shape index (κ2) is 3.44.